The van der Waals surface area contributed by atoms with Gasteiger partial charge in [-0.15, -0.1) is 11.6 Å². The second-order valence-corrected chi connectivity index (χ2v) is 7.22. The van der Waals surface area contributed by atoms with Crippen LogP contribution in [0.1, 0.15) is 31.9 Å². The Bertz CT molecular complexity index is 505. The van der Waals surface area contributed by atoms with Crippen LogP contribution in [0.15, 0.2) is 24.3 Å². The summed E-state index contributed by atoms with van der Waals surface area (Å²) in [5, 5.41) is 0.601. The van der Waals surface area contributed by atoms with Crippen molar-refractivity contribution >= 4 is 33.2 Å². The van der Waals surface area contributed by atoms with Crippen LogP contribution < -0.4 is 4.72 Å². The highest BCUT2D eigenvalue weighted by Gasteiger charge is 2.20. The number of alkyl halides is 1. The predicted octanol–water partition coefficient (Wildman–Crippen LogP) is 3.59. The average Bonchev–Trinajstić information content (AvgIpc) is 2.35. The van der Waals surface area contributed by atoms with Crippen LogP contribution in [0.25, 0.3) is 0 Å². The number of hydrogen-bond acceptors (Lipinski definition) is 2. The Morgan fingerprint density at radius 2 is 2.05 bits per heavy atom. The van der Waals surface area contributed by atoms with Gasteiger partial charge in [0, 0.05) is 16.9 Å². The molecule has 0 fully saturated rings. The molecule has 0 spiro atoms. The minimum Gasteiger partial charge on any atom is -0.212 e. The molecule has 0 heterocycles. The third kappa shape index (κ3) is 5.69. The first-order chi connectivity index (χ1) is 8.88. The summed E-state index contributed by atoms with van der Waals surface area (Å²) in [4.78, 5) is 0. The molecule has 0 bridgehead atoms. The van der Waals surface area contributed by atoms with Crippen LogP contribution in [0.4, 0.5) is 0 Å². The van der Waals surface area contributed by atoms with Gasteiger partial charge in [-0.2, -0.15) is 0 Å². The van der Waals surface area contributed by atoms with Crippen molar-refractivity contribution in [1.29, 1.82) is 0 Å². The van der Waals surface area contributed by atoms with Crippen molar-refractivity contribution in [3.8, 4) is 0 Å². The van der Waals surface area contributed by atoms with E-state index in [1.807, 2.05) is 26.0 Å². The Morgan fingerprint density at radius 3 is 2.58 bits per heavy atom. The lowest BCUT2D eigenvalue weighted by atomic mass is 10.1. The molecule has 0 saturated heterocycles. The molecule has 1 rings (SSSR count). The third-order valence-electron chi connectivity index (χ3n) is 2.75. The van der Waals surface area contributed by atoms with E-state index >= 15 is 0 Å². The standard InChI is InChI=1S/C13H19Cl2NO2S/c1-3-13(11-5-4-6-12(15)7-11)16-19(17,18)9-10(2)8-14/h4-7,10,13,16H,3,8-9H2,1-2H3. The number of rotatable bonds is 7. The molecule has 6 heteroatoms. The summed E-state index contributed by atoms with van der Waals surface area (Å²) in [5.74, 6) is 0.290. The summed E-state index contributed by atoms with van der Waals surface area (Å²) in [5.41, 5.74) is 0.872. The molecule has 0 aromatic heterocycles. The van der Waals surface area contributed by atoms with Crippen LogP contribution >= 0.6 is 23.2 Å². The van der Waals surface area contributed by atoms with Crippen LogP contribution in [-0.4, -0.2) is 20.1 Å². The zero-order chi connectivity index (χ0) is 14.5. The fourth-order valence-corrected chi connectivity index (χ4v) is 3.93. The SMILES string of the molecule is CCC(NS(=O)(=O)CC(C)CCl)c1cccc(Cl)c1. The molecule has 1 aromatic carbocycles. The lowest BCUT2D eigenvalue weighted by molar-refractivity contribution is 0.540. The van der Waals surface area contributed by atoms with Gasteiger partial charge in [-0.05, 0) is 30.0 Å². The molecule has 2 unspecified atom stereocenters. The Hall–Kier alpha value is -0.290. The molecular weight excluding hydrogens is 305 g/mol. The van der Waals surface area contributed by atoms with E-state index in [1.165, 1.54) is 0 Å². The van der Waals surface area contributed by atoms with E-state index in [4.69, 9.17) is 23.2 Å². The van der Waals surface area contributed by atoms with Gasteiger partial charge in [-0.3, -0.25) is 0 Å². The van der Waals surface area contributed by atoms with Gasteiger partial charge in [-0.1, -0.05) is 37.6 Å². The van der Waals surface area contributed by atoms with Crippen molar-refractivity contribution in [2.75, 3.05) is 11.6 Å². The number of nitrogens with one attached hydrogen (secondary N) is 1. The first kappa shape index (κ1) is 16.8. The van der Waals surface area contributed by atoms with Gasteiger partial charge in [0.15, 0.2) is 0 Å². The van der Waals surface area contributed by atoms with E-state index < -0.39 is 10.0 Å². The fraction of sp³-hybridized carbons (Fsp3) is 0.538. The molecule has 0 aliphatic rings. The molecule has 0 amide bonds. The van der Waals surface area contributed by atoms with E-state index in [0.29, 0.717) is 17.3 Å². The molecule has 19 heavy (non-hydrogen) atoms. The van der Waals surface area contributed by atoms with Crippen molar-refractivity contribution in [3.05, 3.63) is 34.9 Å². The molecule has 0 saturated carbocycles. The molecule has 0 aliphatic heterocycles. The summed E-state index contributed by atoms with van der Waals surface area (Å²) in [6.45, 7) is 3.74. The number of sulfonamides is 1. The summed E-state index contributed by atoms with van der Waals surface area (Å²) in [6, 6.07) is 6.97. The Kier molecular flexibility index (Phi) is 6.60. The smallest absolute Gasteiger partial charge is 0.212 e. The molecular formula is C13H19Cl2NO2S. The van der Waals surface area contributed by atoms with Crippen LogP contribution in [0.3, 0.4) is 0 Å². The fourth-order valence-electron chi connectivity index (χ4n) is 1.79. The maximum atomic E-state index is 12.0. The molecule has 0 radical (unpaired) electrons. The first-order valence-corrected chi connectivity index (χ1v) is 8.76. The highest BCUT2D eigenvalue weighted by molar-refractivity contribution is 7.89. The molecule has 1 N–H and O–H groups in total. The van der Waals surface area contributed by atoms with Crippen LogP contribution in [0, 0.1) is 5.92 Å². The minimum atomic E-state index is -3.34. The van der Waals surface area contributed by atoms with E-state index in [-0.39, 0.29) is 17.7 Å². The number of halogens is 2. The van der Waals surface area contributed by atoms with Crippen LogP contribution in [0.5, 0.6) is 0 Å². The van der Waals surface area contributed by atoms with Gasteiger partial charge in [0.05, 0.1) is 5.75 Å². The average molecular weight is 324 g/mol. The summed E-state index contributed by atoms with van der Waals surface area (Å²) in [6.07, 6.45) is 0.662. The molecule has 1 aromatic rings. The Balaban J connectivity index is 2.82. The highest BCUT2D eigenvalue weighted by Crippen LogP contribution is 2.21. The van der Waals surface area contributed by atoms with Gasteiger partial charge >= 0.3 is 0 Å². The number of benzene rings is 1. The Labute approximate surface area is 125 Å². The van der Waals surface area contributed by atoms with Gasteiger partial charge in [0.2, 0.25) is 10.0 Å². The summed E-state index contributed by atoms with van der Waals surface area (Å²) in [7, 11) is -3.34. The van der Waals surface area contributed by atoms with E-state index in [9.17, 15) is 8.42 Å². The maximum absolute atomic E-state index is 12.0. The van der Waals surface area contributed by atoms with Crippen molar-refractivity contribution in [1.82, 2.24) is 4.72 Å². The van der Waals surface area contributed by atoms with Gasteiger partial charge in [0.1, 0.15) is 0 Å². The maximum Gasteiger partial charge on any atom is 0.212 e. The second kappa shape index (κ2) is 7.48. The van der Waals surface area contributed by atoms with Crippen molar-refractivity contribution in [2.45, 2.75) is 26.3 Å². The van der Waals surface area contributed by atoms with Gasteiger partial charge in [0.25, 0.3) is 0 Å². The lowest BCUT2D eigenvalue weighted by Gasteiger charge is -2.19. The quantitative estimate of drug-likeness (QED) is 0.779. The zero-order valence-electron chi connectivity index (χ0n) is 11.1. The normalized spacial score (nSPS) is 15.2. The highest BCUT2D eigenvalue weighted by atomic mass is 35.5. The first-order valence-electron chi connectivity index (χ1n) is 6.19. The van der Waals surface area contributed by atoms with Gasteiger partial charge < -0.3 is 0 Å². The van der Waals surface area contributed by atoms with Crippen LogP contribution in [0.2, 0.25) is 5.02 Å². The van der Waals surface area contributed by atoms with E-state index in [0.717, 1.165) is 5.56 Å². The van der Waals surface area contributed by atoms with Crippen molar-refractivity contribution < 1.29 is 8.42 Å². The molecule has 0 aliphatic carbocycles. The molecule has 3 nitrogen and oxygen atoms in total. The second-order valence-electron chi connectivity index (χ2n) is 4.67. The number of hydrogen-bond donors (Lipinski definition) is 1. The predicted molar refractivity (Wildman–Crippen MR) is 81.3 cm³/mol. The Morgan fingerprint density at radius 1 is 1.37 bits per heavy atom. The van der Waals surface area contributed by atoms with E-state index in [1.54, 1.807) is 12.1 Å². The van der Waals surface area contributed by atoms with Crippen molar-refractivity contribution in [3.63, 3.8) is 0 Å². The zero-order valence-corrected chi connectivity index (χ0v) is 13.4. The monoisotopic (exact) mass is 323 g/mol. The third-order valence-corrected chi connectivity index (χ3v) is 5.16. The van der Waals surface area contributed by atoms with E-state index in [2.05, 4.69) is 4.72 Å². The van der Waals surface area contributed by atoms with Crippen molar-refractivity contribution in [2.24, 2.45) is 5.92 Å². The molecule has 108 valence electrons. The topological polar surface area (TPSA) is 46.2 Å². The lowest BCUT2D eigenvalue weighted by Crippen LogP contribution is -2.32. The minimum absolute atomic E-state index is 0.0353. The van der Waals surface area contributed by atoms with Crippen LogP contribution in [-0.2, 0) is 10.0 Å². The van der Waals surface area contributed by atoms with Gasteiger partial charge in [-0.25, -0.2) is 13.1 Å². The summed E-state index contributed by atoms with van der Waals surface area (Å²) >= 11 is 11.6. The summed E-state index contributed by atoms with van der Waals surface area (Å²) < 4.78 is 26.8. The molecule has 2 atom stereocenters. The largest absolute Gasteiger partial charge is 0.212 e.